The van der Waals surface area contributed by atoms with Gasteiger partial charge in [-0.3, -0.25) is 4.79 Å². The second-order valence-corrected chi connectivity index (χ2v) is 4.95. The van der Waals surface area contributed by atoms with Gasteiger partial charge in [-0.25, -0.2) is 0 Å². The topological polar surface area (TPSA) is 55.1 Å². The molecule has 0 bridgehead atoms. The van der Waals surface area contributed by atoms with E-state index in [1.807, 2.05) is 13.8 Å². The number of aryl methyl sites for hydroxylation is 1. The number of alkyl halides is 3. The van der Waals surface area contributed by atoms with Gasteiger partial charge in [0, 0.05) is 23.7 Å². The first-order valence-electron chi connectivity index (χ1n) is 6.43. The van der Waals surface area contributed by atoms with Crippen LogP contribution in [0.2, 0.25) is 0 Å². The maximum absolute atomic E-state index is 12.1. The number of hydrogen-bond acceptors (Lipinski definition) is 2. The highest BCUT2D eigenvalue weighted by Gasteiger charge is 2.26. The molecular weight excluding hydrogens is 269 g/mol. The van der Waals surface area contributed by atoms with Crippen LogP contribution >= 0.6 is 0 Å². The highest BCUT2D eigenvalue weighted by molar-refractivity contribution is 5.93. The molecule has 0 aromatic heterocycles. The van der Waals surface area contributed by atoms with Crippen LogP contribution in [0.25, 0.3) is 0 Å². The van der Waals surface area contributed by atoms with Gasteiger partial charge in [-0.05, 0) is 50.5 Å². The molecule has 1 amide bonds. The third-order valence-electron chi connectivity index (χ3n) is 3.01. The molecule has 0 aliphatic rings. The Morgan fingerprint density at radius 3 is 2.55 bits per heavy atom. The van der Waals surface area contributed by atoms with E-state index in [1.54, 1.807) is 18.2 Å². The standard InChI is InChI=1S/C14H19F3N2O/c1-9-8-11(13(18)20)5-6-12(9)19-10(2)4-3-7-14(15,16)17/h5-6,8,10,19H,3-4,7H2,1-2H3,(H2,18,20). The summed E-state index contributed by atoms with van der Waals surface area (Å²) in [4.78, 5) is 11.0. The Kier molecular flexibility index (Phi) is 5.42. The smallest absolute Gasteiger partial charge is 0.382 e. The summed E-state index contributed by atoms with van der Waals surface area (Å²) in [6.45, 7) is 3.65. The van der Waals surface area contributed by atoms with Crippen molar-refractivity contribution in [2.75, 3.05) is 5.32 Å². The quantitative estimate of drug-likeness (QED) is 0.840. The van der Waals surface area contributed by atoms with Crippen molar-refractivity contribution in [3.05, 3.63) is 29.3 Å². The SMILES string of the molecule is Cc1cc(C(N)=O)ccc1NC(C)CCCC(F)(F)F. The van der Waals surface area contributed by atoms with Gasteiger partial charge in [0.2, 0.25) is 5.91 Å². The van der Waals surface area contributed by atoms with E-state index in [0.717, 1.165) is 11.3 Å². The number of hydrogen-bond donors (Lipinski definition) is 2. The number of anilines is 1. The Hall–Kier alpha value is -1.72. The lowest BCUT2D eigenvalue weighted by Crippen LogP contribution is -2.18. The van der Waals surface area contributed by atoms with Crippen molar-refractivity contribution in [1.82, 2.24) is 0 Å². The third kappa shape index (κ3) is 5.50. The predicted octanol–water partition coefficient (Wildman–Crippen LogP) is 3.63. The lowest BCUT2D eigenvalue weighted by molar-refractivity contribution is -0.135. The number of benzene rings is 1. The summed E-state index contributed by atoms with van der Waals surface area (Å²) in [5.74, 6) is -0.502. The number of primary amides is 1. The highest BCUT2D eigenvalue weighted by Crippen LogP contribution is 2.24. The normalized spacial score (nSPS) is 13.1. The average molecular weight is 288 g/mol. The average Bonchev–Trinajstić information content (AvgIpc) is 2.29. The lowest BCUT2D eigenvalue weighted by atomic mass is 10.1. The van der Waals surface area contributed by atoms with Gasteiger partial charge in [0.15, 0.2) is 0 Å². The van der Waals surface area contributed by atoms with Gasteiger partial charge >= 0.3 is 6.18 Å². The van der Waals surface area contributed by atoms with Gasteiger partial charge in [-0.1, -0.05) is 0 Å². The summed E-state index contributed by atoms with van der Waals surface area (Å²) in [5, 5.41) is 3.14. The summed E-state index contributed by atoms with van der Waals surface area (Å²) < 4.78 is 36.2. The Morgan fingerprint density at radius 1 is 1.40 bits per heavy atom. The van der Waals surface area contributed by atoms with E-state index >= 15 is 0 Å². The minimum atomic E-state index is -4.10. The van der Waals surface area contributed by atoms with E-state index in [9.17, 15) is 18.0 Å². The zero-order valence-electron chi connectivity index (χ0n) is 11.6. The summed E-state index contributed by atoms with van der Waals surface area (Å²) in [6, 6.07) is 4.90. The van der Waals surface area contributed by atoms with Crippen molar-refractivity contribution in [2.45, 2.75) is 45.3 Å². The molecule has 0 aliphatic carbocycles. The molecule has 3 nitrogen and oxygen atoms in total. The Balaban J connectivity index is 2.54. The van der Waals surface area contributed by atoms with Crippen LogP contribution in [0.3, 0.4) is 0 Å². The summed E-state index contributed by atoms with van der Waals surface area (Å²) in [7, 11) is 0. The first-order chi connectivity index (χ1) is 9.19. The van der Waals surface area contributed by atoms with Crippen LogP contribution in [0.5, 0.6) is 0 Å². The number of carbonyl (C=O) groups is 1. The van der Waals surface area contributed by atoms with Gasteiger partial charge in [-0.15, -0.1) is 0 Å². The van der Waals surface area contributed by atoms with Gasteiger partial charge in [0.1, 0.15) is 0 Å². The molecular formula is C14H19F3N2O. The molecule has 0 radical (unpaired) electrons. The molecule has 20 heavy (non-hydrogen) atoms. The summed E-state index contributed by atoms with van der Waals surface area (Å²) in [5.41, 5.74) is 7.23. The molecule has 112 valence electrons. The monoisotopic (exact) mass is 288 g/mol. The largest absolute Gasteiger partial charge is 0.389 e. The second kappa shape index (κ2) is 6.63. The van der Waals surface area contributed by atoms with E-state index in [4.69, 9.17) is 5.73 Å². The molecule has 1 unspecified atom stereocenters. The number of nitrogens with one attached hydrogen (secondary N) is 1. The number of halogens is 3. The van der Waals surface area contributed by atoms with Crippen LogP contribution in [0, 0.1) is 6.92 Å². The zero-order chi connectivity index (χ0) is 15.3. The summed E-state index contributed by atoms with van der Waals surface area (Å²) >= 11 is 0. The Bertz CT molecular complexity index is 472. The van der Waals surface area contributed by atoms with Gasteiger partial charge in [0.05, 0.1) is 0 Å². The fourth-order valence-electron chi connectivity index (χ4n) is 1.93. The second-order valence-electron chi connectivity index (χ2n) is 4.95. The fraction of sp³-hybridized carbons (Fsp3) is 0.500. The van der Waals surface area contributed by atoms with Crippen LogP contribution in [-0.2, 0) is 0 Å². The number of amides is 1. The van der Waals surface area contributed by atoms with E-state index < -0.39 is 18.5 Å². The van der Waals surface area contributed by atoms with Crippen molar-refractivity contribution in [3.63, 3.8) is 0 Å². The van der Waals surface area contributed by atoms with Crippen molar-refractivity contribution < 1.29 is 18.0 Å². The molecule has 1 atom stereocenters. The highest BCUT2D eigenvalue weighted by atomic mass is 19.4. The van der Waals surface area contributed by atoms with E-state index in [2.05, 4.69) is 5.32 Å². The molecule has 1 aromatic rings. The molecule has 0 spiro atoms. The molecule has 0 aliphatic heterocycles. The number of nitrogens with two attached hydrogens (primary N) is 1. The van der Waals surface area contributed by atoms with E-state index in [-0.39, 0.29) is 12.5 Å². The van der Waals surface area contributed by atoms with Gasteiger partial charge in [-0.2, -0.15) is 13.2 Å². The van der Waals surface area contributed by atoms with Gasteiger partial charge < -0.3 is 11.1 Å². The maximum atomic E-state index is 12.1. The Labute approximate surface area is 116 Å². The zero-order valence-corrected chi connectivity index (χ0v) is 11.6. The molecule has 0 fully saturated rings. The van der Waals surface area contributed by atoms with Crippen LogP contribution in [-0.4, -0.2) is 18.1 Å². The minimum absolute atomic E-state index is 0.0736. The fourth-order valence-corrected chi connectivity index (χ4v) is 1.93. The molecule has 0 saturated heterocycles. The summed E-state index contributed by atoms with van der Waals surface area (Å²) in [6.07, 6.45) is -4.34. The first kappa shape index (κ1) is 16.3. The maximum Gasteiger partial charge on any atom is 0.389 e. The number of rotatable bonds is 6. The molecule has 1 rings (SSSR count). The van der Waals surface area contributed by atoms with Crippen molar-refractivity contribution in [2.24, 2.45) is 5.73 Å². The van der Waals surface area contributed by atoms with E-state index in [0.29, 0.717) is 12.0 Å². The molecule has 1 aromatic carbocycles. The first-order valence-corrected chi connectivity index (χ1v) is 6.43. The molecule has 0 heterocycles. The van der Waals surface area contributed by atoms with Crippen LogP contribution in [0.15, 0.2) is 18.2 Å². The predicted molar refractivity (Wildman–Crippen MR) is 72.7 cm³/mol. The van der Waals surface area contributed by atoms with Crippen molar-refractivity contribution in [1.29, 1.82) is 0 Å². The number of carbonyl (C=O) groups excluding carboxylic acids is 1. The van der Waals surface area contributed by atoms with E-state index in [1.165, 1.54) is 0 Å². The molecule has 3 N–H and O–H groups in total. The van der Waals surface area contributed by atoms with Crippen molar-refractivity contribution in [3.8, 4) is 0 Å². The Morgan fingerprint density at radius 2 is 2.05 bits per heavy atom. The van der Waals surface area contributed by atoms with Crippen LogP contribution in [0.1, 0.15) is 42.1 Å². The molecule has 0 saturated carbocycles. The molecule has 6 heteroatoms. The van der Waals surface area contributed by atoms with Crippen LogP contribution in [0.4, 0.5) is 18.9 Å². The van der Waals surface area contributed by atoms with Crippen LogP contribution < -0.4 is 11.1 Å². The lowest BCUT2D eigenvalue weighted by Gasteiger charge is -2.17. The third-order valence-corrected chi connectivity index (χ3v) is 3.01. The minimum Gasteiger partial charge on any atom is -0.382 e. The van der Waals surface area contributed by atoms with Crippen molar-refractivity contribution >= 4 is 11.6 Å². The van der Waals surface area contributed by atoms with Gasteiger partial charge in [0.25, 0.3) is 0 Å².